The number of rotatable bonds is 1. The molecule has 3 aliphatic rings. The van der Waals surface area contributed by atoms with Gasteiger partial charge in [-0.25, -0.2) is 0 Å². The highest BCUT2D eigenvalue weighted by Gasteiger charge is 2.49. The van der Waals surface area contributed by atoms with Crippen LogP contribution in [0.5, 0.6) is 0 Å². The standard InChI is InChI=1S/C20H26N2O2/c1-11-15(9-23)13-7-18-20-14(8-17(21-18)16(13)10-24-11)12-5-3-4-6-19(12)22(20)2/h3-6,11,13,15-18,21,23H,7-10H2,1-2H3/t11-,13-,15+,16+,17-,18-/m0/s1. The number of nitrogens with one attached hydrogen (secondary N) is 1. The number of aliphatic hydroxyl groups excluding tert-OH is 1. The number of hydrogen-bond acceptors (Lipinski definition) is 3. The Morgan fingerprint density at radius 2 is 2.12 bits per heavy atom. The number of ether oxygens (including phenoxy) is 1. The largest absolute Gasteiger partial charge is 0.396 e. The molecule has 2 bridgehead atoms. The fourth-order valence-electron chi connectivity index (χ4n) is 5.72. The first-order valence-corrected chi connectivity index (χ1v) is 9.23. The molecule has 4 nitrogen and oxygen atoms in total. The molecule has 2 fully saturated rings. The number of hydrogen-bond donors (Lipinski definition) is 2. The normalized spacial score (nSPS) is 38.0. The van der Waals surface area contributed by atoms with Gasteiger partial charge in [-0.1, -0.05) is 18.2 Å². The molecule has 24 heavy (non-hydrogen) atoms. The second kappa shape index (κ2) is 5.32. The molecule has 0 amide bonds. The summed E-state index contributed by atoms with van der Waals surface area (Å²) in [5.74, 6) is 1.34. The predicted molar refractivity (Wildman–Crippen MR) is 93.9 cm³/mol. The van der Waals surface area contributed by atoms with E-state index in [1.165, 1.54) is 22.2 Å². The highest BCUT2D eigenvalue weighted by atomic mass is 16.5. The molecule has 6 atom stereocenters. The van der Waals surface area contributed by atoms with E-state index in [2.05, 4.69) is 48.1 Å². The number of piperidine rings is 1. The Morgan fingerprint density at radius 1 is 1.29 bits per heavy atom. The van der Waals surface area contributed by atoms with Gasteiger partial charge in [0.25, 0.3) is 0 Å². The lowest BCUT2D eigenvalue weighted by molar-refractivity contribution is -0.124. The third-order valence-corrected chi connectivity index (χ3v) is 6.92. The first-order valence-electron chi connectivity index (χ1n) is 9.23. The Labute approximate surface area is 142 Å². The van der Waals surface area contributed by atoms with E-state index in [1.807, 2.05) is 0 Å². The molecule has 3 aliphatic heterocycles. The van der Waals surface area contributed by atoms with Gasteiger partial charge in [0.15, 0.2) is 0 Å². The van der Waals surface area contributed by atoms with Crippen LogP contribution in [0, 0.1) is 17.8 Å². The molecule has 2 saturated heterocycles. The highest BCUT2D eigenvalue weighted by Crippen LogP contribution is 2.48. The molecule has 0 spiro atoms. The van der Waals surface area contributed by atoms with Crippen LogP contribution >= 0.6 is 0 Å². The van der Waals surface area contributed by atoms with Crippen molar-refractivity contribution in [3.63, 3.8) is 0 Å². The summed E-state index contributed by atoms with van der Waals surface area (Å²) in [7, 11) is 2.20. The number of aryl methyl sites for hydroxylation is 1. The number of para-hydroxylation sites is 1. The van der Waals surface area contributed by atoms with Crippen molar-refractivity contribution in [1.82, 2.24) is 9.88 Å². The lowest BCUT2D eigenvalue weighted by Gasteiger charge is -2.52. The van der Waals surface area contributed by atoms with E-state index in [-0.39, 0.29) is 18.6 Å². The molecule has 2 aromatic rings. The van der Waals surface area contributed by atoms with Crippen LogP contribution in [0.25, 0.3) is 10.9 Å². The molecule has 0 saturated carbocycles. The van der Waals surface area contributed by atoms with E-state index in [1.54, 1.807) is 0 Å². The lowest BCUT2D eigenvalue weighted by atomic mass is 9.65. The summed E-state index contributed by atoms with van der Waals surface area (Å²) in [4.78, 5) is 0. The maximum Gasteiger partial charge on any atom is 0.0600 e. The number of benzene rings is 1. The smallest absolute Gasteiger partial charge is 0.0600 e. The van der Waals surface area contributed by atoms with Gasteiger partial charge in [0.1, 0.15) is 0 Å². The molecule has 2 N–H and O–H groups in total. The molecule has 0 aliphatic carbocycles. The summed E-state index contributed by atoms with van der Waals surface area (Å²) in [5, 5.41) is 15.2. The van der Waals surface area contributed by atoms with Gasteiger partial charge in [0, 0.05) is 54.2 Å². The summed E-state index contributed by atoms with van der Waals surface area (Å²) in [5.41, 5.74) is 4.32. The van der Waals surface area contributed by atoms with Gasteiger partial charge in [0.2, 0.25) is 0 Å². The average Bonchev–Trinajstić information content (AvgIpc) is 2.88. The Morgan fingerprint density at radius 3 is 2.96 bits per heavy atom. The van der Waals surface area contributed by atoms with Crippen LogP contribution in [0.1, 0.15) is 30.6 Å². The van der Waals surface area contributed by atoms with Crippen molar-refractivity contribution in [2.75, 3.05) is 13.2 Å². The van der Waals surface area contributed by atoms with Gasteiger partial charge < -0.3 is 19.7 Å². The van der Waals surface area contributed by atoms with E-state index >= 15 is 0 Å². The Kier molecular flexibility index (Phi) is 3.31. The Bertz CT molecular complexity index is 783. The van der Waals surface area contributed by atoms with Crippen LogP contribution in [-0.4, -0.2) is 35.0 Å². The molecular weight excluding hydrogens is 300 g/mol. The van der Waals surface area contributed by atoms with Crippen LogP contribution in [0.2, 0.25) is 0 Å². The van der Waals surface area contributed by atoms with Crippen molar-refractivity contribution in [3.8, 4) is 0 Å². The maximum atomic E-state index is 9.92. The summed E-state index contributed by atoms with van der Waals surface area (Å²) < 4.78 is 8.40. The molecule has 0 radical (unpaired) electrons. The fourth-order valence-corrected chi connectivity index (χ4v) is 5.72. The van der Waals surface area contributed by atoms with Crippen LogP contribution in [0.15, 0.2) is 24.3 Å². The third kappa shape index (κ3) is 1.91. The van der Waals surface area contributed by atoms with Gasteiger partial charge in [0.05, 0.1) is 12.7 Å². The molecule has 4 heteroatoms. The molecule has 1 aromatic heterocycles. The van der Waals surface area contributed by atoms with Crippen molar-refractivity contribution in [1.29, 1.82) is 0 Å². The Hall–Kier alpha value is -1.36. The number of fused-ring (bicyclic) bond motifs is 8. The second-order valence-corrected chi connectivity index (χ2v) is 7.92. The zero-order valence-electron chi connectivity index (χ0n) is 14.4. The zero-order valence-corrected chi connectivity index (χ0v) is 14.4. The molecule has 128 valence electrons. The summed E-state index contributed by atoms with van der Waals surface area (Å²) in [6, 6.07) is 9.64. The minimum Gasteiger partial charge on any atom is -0.396 e. The summed E-state index contributed by atoms with van der Waals surface area (Å²) in [6.45, 7) is 3.19. The number of aliphatic hydroxyl groups is 1. The number of aromatic nitrogens is 1. The Balaban J connectivity index is 1.61. The van der Waals surface area contributed by atoms with Gasteiger partial charge in [-0.05, 0) is 37.3 Å². The second-order valence-electron chi connectivity index (χ2n) is 7.92. The molecule has 4 heterocycles. The van der Waals surface area contributed by atoms with Gasteiger partial charge in [-0.2, -0.15) is 0 Å². The van der Waals surface area contributed by atoms with Crippen LogP contribution in [-0.2, 0) is 18.2 Å². The van der Waals surface area contributed by atoms with Gasteiger partial charge >= 0.3 is 0 Å². The molecular formula is C20H26N2O2. The summed E-state index contributed by atoms with van der Waals surface area (Å²) >= 11 is 0. The van der Waals surface area contributed by atoms with Crippen LogP contribution in [0.4, 0.5) is 0 Å². The highest BCUT2D eigenvalue weighted by molar-refractivity contribution is 5.86. The monoisotopic (exact) mass is 326 g/mol. The van der Waals surface area contributed by atoms with E-state index < -0.39 is 0 Å². The summed E-state index contributed by atoms with van der Waals surface area (Å²) in [6.07, 6.45) is 2.35. The van der Waals surface area contributed by atoms with Gasteiger partial charge in [-0.3, -0.25) is 0 Å². The maximum absolute atomic E-state index is 9.92. The topological polar surface area (TPSA) is 46.4 Å². The minimum absolute atomic E-state index is 0.169. The lowest BCUT2D eigenvalue weighted by Crippen LogP contribution is -2.58. The van der Waals surface area contributed by atoms with Gasteiger partial charge in [-0.15, -0.1) is 0 Å². The number of nitrogens with zero attached hydrogens (tertiary/aromatic N) is 1. The molecule has 0 unspecified atom stereocenters. The zero-order chi connectivity index (χ0) is 16.4. The van der Waals surface area contributed by atoms with Crippen molar-refractivity contribution < 1.29 is 9.84 Å². The van der Waals surface area contributed by atoms with E-state index in [9.17, 15) is 5.11 Å². The van der Waals surface area contributed by atoms with E-state index in [0.717, 1.165) is 19.4 Å². The van der Waals surface area contributed by atoms with Crippen molar-refractivity contribution in [3.05, 3.63) is 35.5 Å². The minimum atomic E-state index is 0.169. The molecule has 1 aromatic carbocycles. The van der Waals surface area contributed by atoms with Crippen molar-refractivity contribution in [2.45, 2.75) is 38.0 Å². The first-order chi connectivity index (χ1) is 11.7. The predicted octanol–water partition coefficient (Wildman–Crippen LogP) is 2.40. The average molecular weight is 326 g/mol. The SMILES string of the molecule is C[C@@H]1OC[C@@H]2[C@@H](C[C@@H]3N[C@H]2Cc2c3n(C)c3ccccc23)[C@@H]1CO. The van der Waals surface area contributed by atoms with Crippen molar-refractivity contribution in [2.24, 2.45) is 24.8 Å². The molecule has 5 rings (SSSR count). The third-order valence-electron chi connectivity index (χ3n) is 6.92. The van der Waals surface area contributed by atoms with E-state index in [0.29, 0.717) is 23.9 Å². The quantitative estimate of drug-likeness (QED) is 0.846. The van der Waals surface area contributed by atoms with Crippen LogP contribution < -0.4 is 5.32 Å². The van der Waals surface area contributed by atoms with Crippen LogP contribution in [0.3, 0.4) is 0 Å². The first kappa shape index (κ1) is 14.9. The van der Waals surface area contributed by atoms with E-state index in [4.69, 9.17) is 4.74 Å². The fraction of sp³-hybridized carbons (Fsp3) is 0.600. The van der Waals surface area contributed by atoms with Crippen molar-refractivity contribution >= 4 is 10.9 Å².